The van der Waals surface area contributed by atoms with Gasteiger partial charge in [0.15, 0.2) is 0 Å². The van der Waals surface area contributed by atoms with Crippen LogP contribution in [0.4, 0.5) is 10.6 Å². The van der Waals surface area contributed by atoms with Crippen LogP contribution in [0.25, 0.3) is 0 Å². The van der Waals surface area contributed by atoms with Crippen LogP contribution >= 0.6 is 0 Å². The number of anilines is 1. The van der Waals surface area contributed by atoms with E-state index in [1.165, 1.54) is 13.1 Å². The van der Waals surface area contributed by atoms with Crippen LogP contribution in [0.3, 0.4) is 0 Å². The summed E-state index contributed by atoms with van der Waals surface area (Å²) in [4.78, 5) is 11.0. The molecule has 100 valence electrons. The predicted molar refractivity (Wildman–Crippen MR) is 62.3 cm³/mol. The van der Waals surface area contributed by atoms with Gasteiger partial charge in [-0.3, -0.25) is 10.5 Å². The monoisotopic (exact) mass is 276 g/mol. The standard InChI is InChI=1S/C7H12N6O4S/c1-2-17-7(14)13-18(15,16)12-6-4(5(8)9)3-10-11-6/h3H,2H2,1H3,(H3,8,9)(H,13,14)(H2,10,11,12). The summed E-state index contributed by atoms with van der Waals surface area (Å²) < 4.78 is 30.9. The minimum Gasteiger partial charge on any atom is -0.449 e. The number of aromatic nitrogens is 2. The number of nitrogens with two attached hydrogens (primary N) is 1. The summed E-state index contributed by atoms with van der Waals surface area (Å²) >= 11 is 0. The van der Waals surface area contributed by atoms with E-state index in [1.54, 1.807) is 4.72 Å². The number of hydrogen-bond donors (Lipinski definition) is 5. The van der Waals surface area contributed by atoms with Crippen molar-refractivity contribution in [2.45, 2.75) is 6.92 Å². The van der Waals surface area contributed by atoms with E-state index in [4.69, 9.17) is 11.1 Å². The number of nitrogens with zero attached hydrogens (tertiary/aromatic N) is 1. The van der Waals surface area contributed by atoms with E-state index in [0.717, 1.165) is 0 Å². The van der Waals surface area contributed by atoms with Crippen molar-refractivity contribution in [1.29, 1.82) is 5.41 Å². The summed E-state index contributed by atoms with van der Waals surface area (Å²) in [5.74, 6) is -0.503. The highest BCUT2D eigenvalue weighted by atomic mass is 32.2. The van der Waals surface area contributed by atoms with E-state index in [-0.39, 0.29) is 23.8 Å². The van der Waals surface area contributed by atoms with Crippen LogP contribution in [0.2, 0.25) is 0 Å². The van der Waals surface area contributed by atoms with Gasteiger partial charge in [0.05, 0.1) is 18.4 Å². The number of carbonyl (C=O) groups excluding carboxylic acids is 1. The molecule has 0 spiro atoms. The average molecular weight is 276 g/mol. The maximum absolute atomic E-state index is 11.5. The molecule has 1 heterocycles. The zero-order chi connectivity index (χ0) is 13.8. The lowest BCUT2D eigenvalue weighted by atomic mass is 10.3. The van der Waals surface area contributed by atoms with Crippen molar-refractivity contribution in [1.82, 2.24) is 14.9 Å². The molecule has 1 aromatic rings. The summed E-state index contributed by atoms with van der Waals surface area (Å²) in [6.07, 6.45) is 0.0544. The fraction of sp³-hybridized carbons (Fsp3) is 0.286. The quantitative estimate of drug-likeness (QED) is 0.345. The van der Waals surface area contributed by atoms with Gasteiger partial charge in [0.25, 0.3) is 0 Å². The van der Waals surface area contributed by atoms with Gasteiger partial charge in [0.1, 0.15) is 11.7 Å². The van der Waals surface area contributed by atoms with Gasteiger partial charge in [-0.25, -0.2) is 14.2 Å². The lowest BCUT2D eigenvalue weighted by molar-refractivity contribution is 0.159. The predicted octanol–water partition coefficient (Wildman–Crippen LogP) is -0.903. The van der Waals surface area contributed by atoms with Gasteiger partial charge >= 0.3 is 16.3 Å². The first-order chi connectivity index (χ1) is 8.35. The van der Waals surface area contributed by atoms with Crippen molar-refractivity contribution < 1.29 is 17.9 Å². The van der Waals surface area contributed by atoms with Crippen molar-refractivity contribution in [3.05, 3.63) is 11.8 Å². The molecule has 1 amide bonds. The third-order valence-electron chi connectivity index (χ3n) is 1.66. The highest BCUT2D eigenvalue weighted by Crippen LogP contribution is 2.10. The van der Waals surface area contributed by atoms with Crippen molar-refractivity contribution in [3.8, 4) is 0 Å². The number of aromatic amines is 1. The Morgan fingerprint density at radius 3 is 2.89 bits per heavy atom. The Bertz CT molecular complexity index is 550. The van der Waals surface area contributed by atoms with Gasteiger partial charge in [0.2, 0.25) is 0 Å². The van der Waals surface area contributed by atoms with Gasteiger partial charge < -0.3 is 10.5 Å². The summed E-state index contributed by atoms with van der Waals surface area (Å²) in [7, 11) is -4.18. The first kappa shape index (κ1) is 13.8. The molecule has 10 nitrogen and oxygen atoms in total. The van der Waals surface area contributed by atoms with Crippen LogP contribution < -0.4 is 15.2 Å². The van der Waals surface area contributed by atoms with Crippen LogP contribution in [0.5, 0.6) is 0 Å². The van der Waals surface area contributed by atoms with Gasteiger partial charge in [-0.1, -0.05) is 0 Å². The first-order valence-electron chi connectivity index (χ1n) is 4.70. The Hall–Kier alpha value is -2.30. The molecule has 0 aliphatic rings. The van der Waals surface area contributed by atoms with E-state index >= 15 is 0 Å². The second-order valence-corrected chi connectivity index (χ2v) is 4.42. The third-order valence-corrected chi connectivity index (χ3v) is 2.57. The number of rotatable bonds is 5. The Kier molecular flexibility index (Phi) is 4.09. The molecule has 0 bridgehead atoms. The second kappa shape index (κ2) is 5.35. The second-order valence-electron chi connectivity index (χ2n) is 3.00. The smallest absolute Gasteiger partial charge is 0.422 e. The molecule has 0 aliphatic carbocycles. The zero-order valence-corrected chi connectivity index (χ0v) is 10.2. The van der Waals surface area contributed by atoms with Gasteiger partial charge in [-0.15, -0.1) is 0 Å². The first-order valence-corrected chi connectivity index (χ1v) is 6.19. The SMILES string of the molecule is CCOC(=O)NS(=O)(=O)Nc1[nH]ncc1C(=N)N. The zero-order valence-electron chi connectivity index (χ0n) is 9.35. The van der Waals surface area contributed by atoms with E-state index in [1.807, 2.05) is 4.72 Å². The van der Waals surface area contributed by atoms with Crippen molar-refractivity contribution in [2.24, 2.45) is 5.73 Å². The average Bonchev–Trinajstić information content (AvgIpc) is 2.63. The maximum atomic E-state index is 11.5. The molecule has 0 saturated heterocycles. The summed E-state index contributed by atoms with van der Waals surface area (Å²) in [6.45, 7) is 1.56. The molecular formula is C7H12N6O4S. The number of amidine groups is 1. The lowest BCUT2D eigenvalue weighted by Gasteiger charge is -2.08. The van der Waals surface area contributed by atoms with Crippen LogP contribution in [-0.4, -0.2) is 37.2 Å². The van der Waals surface area contributed by atoms with Crippen molar-refractivity contribution in [2.75, 3.05) is 11.3 Å². The number of H-pyrrole nitrogens is 1. The molecule has 1 rings (SSSR count). The van der Waals surface area contributed by atoms with Crippen LogP contribution in [0.15, 0.2) is 6.20 Å². The molecule has 1 aromatic heterocycles. The van der Waals surface area contributed by atoms with Crippen LogP contribution in [0, 0.1) is 5.41 Å². The van der Waals surface area contributed by atoms with Crippen molar-refractivity contribution in [3.63, 3.8) is 0 Å². The fourth-order valence-corrected chi connectivity index (χ4v) is 1.75. The topological polar surface area (TPSA) is 163 Å². The molecule has 0 fully saturated rings. The molecule has 0 aromatic carbocycles. The normalized spacial score (nSPS) is 10.7. The lowest BCUT2D eigenvalue weighted by Crippen LogP contribution is -2.36. The van der Waals surface area contributed by atoms with E-state index in [0.29, 0.717) is 0 Å². The molecule has 0 radical (unpaired) electrons. The van der Waals surface area contributed by atoms with E-state index in [9.17, 15) is 13.2 Å². The van der Waals surface area contributed by atoms with Crippen LogP contribution in [0.1, 0.15) is 12.5 Å². The molecule has 0 saturated carbocycles. The molecule has 18 heavy (non-hydrogen) atoms. The Balaban J connectivity index is 2.80. The molecular weight excluding hydrogens is 264 g/mol. The van der Waals surface area contributed by atoms with E-state index < -0.39 is 16.3 Å². The Labute approximate surface area is 103 Å². The number of ether oxygens (including phenoxy) is 1. The Morgan fingerprint density at radius 1 is 1.67 bits per heavy atom. The number of amides is 1. The number of nitrogens with one attached hydrogen (secondary N) is 4. The molecule has 0 atom stereocenters. The minimum absolute atomic E-state index is 0.0319. The molecule has 0 unspecified atom stereocenters. The number of carbonyl (C=O) groups is 1. The highest BCUT2D eigenvalue weighted by Gasteiger charge is 2.18. The molecule has 0 aliphatic heterocycles. The Morgan fingerprint density at radius 2 is 2.33 bits per heavy atom. The van der Waals surface area contributed by atoms with Crippen molar-refractivity contribution >= 4 is 28.0 Å². The largest absolute Gasteiger partial charge is 0.449 e. The maximum Gasteiger partial charge on any atom is 0.422 e. The fourth-order valence-electron chi connectivity index (χ4n) is 0.998. The van der Waals surface area contributed by atoms with Gasteiger partial charge in [0, 0.05) is 0 Å². The summed E-state index contributed by atoms with van der Waals surface area (Å²) in [6, 6.07) is 0. The summed E-state index contributed by atoms with van der Waals surface area (Å²) in [5, 5.41) is 13.0. The number of nitrogen functional groups attached to an aromatic ring is 1. The van der Waals surface area contributed by atoms with E-state index in [2.05, 4.69) is 14.9 Å². The number of hydrogen-bond acceptors (Lipinski definition) is 6. The van der Waals surface area contributed by atoms with Gasteiger partial charge in [-0.05, 0) is 6.92 Å². The van der Waals surface area contributed by atoms with Crippen LogP contribution in [-0.2, 0) is 14.9 Å². The molecule has 11 heteroatoms. The minimum atomic E-state index is -4.18. The highest BCUT2D eigenvalue weighted by molar-refractivity contribution is 7.91. The molecule has 6 N–H and O–H groups in total. The van der Waals surface area contributed by atoms with Gasteiger partial charge in [-0.2, -0.15) is 13.5 Å². The third kappa shape index (κ3) is 3.62. The summed E-state index contributed by atoms with van der Waals surface area (Å²) in [5.41, 5.74) is 5.26.